The van der Waals surface area contributed by atoms with Gasteiger partial charge in [-0.2, -0.15) is 31.4 Å². The molecule has 4 rings (SSSR count). The molecule has 0 amide bonds. The molecule has 0 aliphatic rings. The van der Waals surface area contributed by atoms with Gasteiger partial charge >= 0.3 is 12.4 Å². The van der Waals surface area contributed by atoms with Crippen molar-refractivity contribution in [2.75, 3.05) is 11.9 Å². The third-order valence-corrected chi connectivity index (χ3v) is 5.18. The zero-order valence-electron chi connectivity index (χ0n) is 18.1. The summed E-state index contributed by atoms with van der Waals surface area (Å²) < 4.78 is 112. The van der Waals surface area contributed by atoms with Gasteiger partial charge in [-0.05, 0) is 12.1 Å². The van der Waals surface area contributed by atoms with E-state index in [1.807, 2.05) is 0 Å². The Morgan fingerprint density at radius 1 is 0.946 bits per heavy atom. The maximum absolute atomic E-state index is 14.2. The molecule has 3 heterocycles. The second-order valence-electron chi connectivity index (χ2n) is 7.65. The Labute approximate surface area is 201 Å². The van der Waals surface area contributed by atoms with Crippen molar-refractivity contribution in [3.63, 3.8) is 0 Å². The van der Waals surface area contributed by atoms with Gasteiger partial charge in [0, 0.05) is 11.6 Å². The van der Waals surface area contributed by atoms with E-state index >= 15 is 0 Å². The predicted octanol–water partition coefficient (Wildman–Crippen LogP) is 4.59. The van der Waals surface area contributed by atoms with Crippen LogP contribution in [0.25, 0.3) is 22.9 Å². The van der Waals surface area contributed by atoms with Crippen molar-refractivity contribution in [3.05, 3.63) is 66.1 Å². The Hall–Kier alpha value is -4.08. The van der Waals surface area contributed by atoms with E-state index in [4.69, 9.17) is 4.52 Å². The first-order chi connectivity index (χ1) is 17.3. The topological polar surface area (TPSA) is 102 Å². The van der Waals surface area contributed by atoms with Gasteiger partial charge < -0.3 is 14.9 Å². The van der Waals surface area contributed by atoms with Gasteiger partial charge in [0.15, 0.2) is 17.5 Å². The number of hydrogen-bond donors (Lipinski definition) is 2. The molecule has 4 aromatic rings. The van der Waals surface area contributed by atoms with E-state index in [-0.39, 0.29) is 29.2 Å². The van der Waals surface area contributed by atoms with Crippen molar-refractivity contribution in [1.29, 1.82) is 0 Å². The number of halogens is 8. The maximum Gasteiger partial charge on any atom is 0.428 e. The largest absolute Gasteiger partial charge is 0.428 e. The van der Waals surface area contributed by atoms with Crippen LogP contribution in [0.15, 0.2) is 53.4 Å². The van der Waals surface area contributed by atoms with Gasteiger partial charge in [-0.25, -0.2) is 18.7 Å². The molecule has 0 atom stereocenters. The normalized spacial score (nSPS) is 12.7. The highest BCUT2D eigenvalue weighted by atomic mass is 19.4. The Morgan fingerprint density at radius 3 is 2.27 bits per heavy atom. The fourth-order valence-corrected chi connectivity index (χ4v) is 3.17. The SMILES string of the molecule is OC(CNc1nc(-c2cc(-c3ccon3)n(Cc3ccccc3F)n2)ncc1F)(C(F)(F)F)C(F)(F)F. The van der Waals surface area contributed by atoms with Gasteiger partial charge in [-0.3, -0.25) is 4.68 Å². The summed E-state index contributed by atoms with van der Waals surface area (Å²) in [5.74, 6) is -3.39. The van der Waals surface area contributed by atoms with Crippen LogP contribution in [0.3, 0.4) is 0 Å². The van der Waals surface area contributed by atoms with Gasteiger partial charge in [0.05, 0.1) is 25.0 Å². The third kappa shape index (κ3) is 5.09. The van der Waals surface area contributed by atoms with E-state index in [2.05, 4.69) is 20.2 Å². The molecule has 3 aromatic heterocycles. The fourth-order valence-electron chi connectivity index (χ4n) is 3.17. The van der Waals surface area contributed by atoms with E-state index in [1.54, 1.807) is 11.4 Å². The Balaban J connectivity index is 1.69. The van der Waals surface area contributed by atoms with E-state index in [9.17, 15) is 40.2 Å². The van der Waals surface area contributed by atoms with Crippen molar-refractivity contribution >= 4 is 5.82 Å². The monoisotopic (exact) mass is 534 g/mol. The molecule has 0 saturated carbocycles. The summed E-state index contributed by atoms with van der Waals surface area (Å²) in [6.45, 7) is -2.30. The minimum atomic E-state index is -6.12. The molecule has 0 spiro atoms. The van der Waals surface area contributed by atoms with Crippen LogP contribution in [0, 0.1) is 11.6 Å². The first-order valence-electron chi connectivity index (χ1n) is 10.1. The van der Waals surface area contributed by atoms with Crippen LogP contribution in [0.1, 0.15) is 5.56 Å². The highest BCUT2D eigenvalue weighted by Crippen LogP contribution is 2.43. The second-order valence-corrected chi connectivity index (χ2v) is 7.65. The average molecular weight is 534 g/mol. The minimum absolute atomic E-state index is 0.0979. The number of benzene rings is 1. The molecule has 37 heavy (non-hydrogen) atoms. The van der Waals surface area contributed by atoms with Crippen molar-refractivity contribution in [2.45, 2.75) is 24.5 Å². The molecule has 196 valence electrons. The lowest BCUT2D eigenvalue weighted by Crippen LogP contribution is -2.61. The molecular weight excluding hydrogens is 520 g/mol. The van der Waals surface area contributed by atoms with Crippen LogP contribution in [-0.2, 0) is 6.54 Å². The van der Waals surface area contributed by atoms with Gasteiger partial charge in [-0.15, -0.1) is 0 Å². The lowest BCUT2D eigenvalue weighted by Gasteiger charge is -2.32. The molecule has 0 fully saturated rings. The van der Waals surface area contributed by atoms with Crippen LogP contribution < -0.4 is 5.32 Å². The summed E-state index contributed by atoms with van der Waals surface area (Å²) in [6.07, 6.45) is -10.5. The van der Waals surface area contributed by atoms with Crippen LogP contribution in [0.4, 0.5) is 40.9 Å². The summed E-state index contributed by atoms with van der Waals surface area (Å²) in [5.41, 5.74) is -4.55. The van der Waals surface area contributed by atoms with E-state index in [1.165, 1.54) is 41.3 Å². The summed E-state index contributed by atoms with van der Waals surface area (Å²) >= 11 is 0. The minimum Gasteiger partial charge on any atom is -0.372 e. The Kier molecular flexibility index (Phi) is 6.62. The summed E-state index contributed by atoms with van der Waals surface area (Å²) in [5, 5.41) is 18.8. The van der Waals surface area contributed by atoms with Crippen molar-refractivity contribution in [1.82, 2.24) is 24.9 Å². The number of nitrogens with zero attached hydrogens (tertiary/aromatic N) is 5. The lowest BCUT2D eigenvalue weighted by molar-refractivity contribution is -0.362. The van der Waals surface area contributed by atoms with E-state index in [0.717, 1.165) is 0 Å². The summed E-state index contributed by atoms with van der Waals surface area (Å²) in [6, 6.07) is 8.56. The molecule has 0 aliphatic carbocycles. The van der Waals surface area contributed by atoms with Gasteiger partial charge in [0.25, 0.3) is 5.60 Å². The van der Waals surface area contributed by atoms with Gasteiger partial charge in [0.1, 0.15) is 23.5 Å². The van der Waals surface area contributed by atoms with Crippen LogP contribution >= 0.6 is 0 Å². The van der Waals surface area contributed by atoms with Gasteiger partial charge in [-0.1, -0.05) is 23.4 Å². The third-order valence-electron chi connectivity index (χ3n) is 5.18. The summed E-state index contributed by atoms with van der Waals surface area (Å²) in [7, 11) is 0. The molecule has 16 heteroatoms. The maximum atomic E-state index is 14.2. The van der Waals surface area contributed by atoms with Crippen LogP contribution in [0.5, 0.6) is 0 Å². The molecule has 0 bridgehead atoms. The zero-order chi connectivity index (χ0) is 27.0. The van der Waals surface area contributed by atoms with E-state index < -0.39 is 47.8 Å². The molecule has 0 aliphatic heterocycles. The highest BCUT2D eigenvalue weighted by molar-refractivity contribution is 5.63. The van der Waals surface area contributed by atoms with E-state index in [0.29, 0.717) is 6.20 Å². The standard InChI is InChI=1S/C21H14F8N6O2/c22-12-4-2-1-3-11(12)9-35-16(14-5-6-37-34-14)7-15(33-35)18-30-8-13(23)17(32-18)31-10-19(36,20(24,25)26)21(27,28)29/h1-8,36H,9-10H2,(H,30,31,32). The zero-order valence-corrected chi connectivity index (χ0v) is 18.1. The number of aromatic nitrogens is 5. The number of aliphatic hydroxyl groups is 1. The average Bonchev–Trinajstić information content (AvgIpc) is 3.48. The first kappa shape index (κ1) is 26.0. The fraction of sp³-hybridized carbons (Fsp3) is 0.238. The smallest absolute Gasteiger partial charge is 0.372 e. The first-order valence-corrected chi connectivity index (χ1v) is 10.1. The molecule has 8 nitrogen and oxygen atoms in total. The van der Waals surface area contributed by atoms with Crippen LogP contribution in [0.2, 0.25) is 0 Å². The number of hydrogen-bond acceptors (Lipinski definition) is 7. The lowest BCUT2D eigenvalue weighted by atomic mass is 10.0. The highest BCUT2D eigenvalue weighted by Gasteiger charge is 2.70. The van der Waals surface area contributed by atoms with Crippen LogP contribution in [-0.4, -0.2) is 54.5 Å². The quantitative estimate of drug-likeness (QED) is 0.335. The summed E-state index contributed by atoms with van der Waals surface area (Å²) in [4.78, 5) is 7.32. The molecule has 1 aromatic carbocycles. The van der Waals surface area contributed by atoms with Crippen molar-refractivity contribution < 1.29 is 44.8 Å². The van der Waals surface area contributed by atoms with Gasteiger partial charge in [0.2, 0.25) is 0 Å². The molecule has 0 radical (unpaired) electrons. The number of nitrogens with one attached hydrogen (secondary N) is 1. The number of rotatable bonds is 7. The Bertz CT molecular complexity index is 1370. The Morgan fingerprint density at radius 2 is 1.65 bits per heavy atom. The number of alkyl halides is 6. The molecule has 2 N–H and O–H groups in total. The number of anilines is 1. The second kappa shape index (κ2) is 9.42. The van der Waals surface area contributed by atoms with Crippen molar-refractivity contribution in [3.8, 4) is 22.9 Å². The molecule has 0 unspecified atom stereocenters. The molecule has 0 saturated heterocycles. The van der Waals surface area contributed by atoms with Crippen molar-refractivity contribution in [2.24, 2.45) is 0 Å². The predicted molar refractivity (Wildman–Crippen MR) is 110 cm³/mol. The molecular formula is C21H14F8N6O2.